The van der Waals surface area contributed by atoms with Gasteiger partial charge in [0.15, 0.2) is 17.1 Å². The Morgan fingerprint density at radius 1 is 0.974 bits per heavy atom. The number of aliphatic hydroxyl groups is 1. The van der Waals surface area contributed by atoms with E-state index in [2.05, 4.69) is 0 Å². The smallest absolute Gasteiger partial charge is 0.343 e. The number of hydrogen-bond donors (Lipinski definition) is 1. The van der Waals surface area contributed by atoms with E-state index >= 15 is 0 Å². The molecule has 1 N–H and O–H groups in total. The second-order valence-corrected chi connectivity index (χ2v) is 9.74. The van der Waals surface area contributed by atoms with E-state index in [0.717, 1.165) is 22.1 Å². The van der Waals surface area contributed by atoms with Gasteiger partial charge in [-0.2, -0.15) is 0 Å². The Kier molecular flexibility index (Phi) is 4.96. The average Bonchev–Trinajstić information content (AvgIpc) is 3.56. The molecule has 0 saturated heterocycles. The van der Waals surface area contributed by atoms with Crippen molar-refractivity contribution in [3.8, 4) is 45.5 Å². The third-order valence-corrected chi connectivity index (χ3v) is 7.82. The van der Waals surface area contributed by atoms with Crippen molar-refractivity contribution in [1.29, 1.82) is 0 Å². The van der Waals surface area contributed by atoms with Crippen LogP contribution in [0.3, 0.4) is 0 Å². The molecule has 5 heterocycles. The molecule has 2 aromatic heterocycles. The molecule has 198 valence electrons. The summed E-state index contributed by atoms with van der Waals surface area (Å²) in [6.07, 6.45) is 0.0675. The van der Waals surface area contributed by atoms with Crippen molar-refractivity contribution in [2.75, 3.05) is 21.0 Å². The molecule has 0 spiro atoms. The molecule has 0 saturated carbocycles. The number of ether oxygens (including phenoxy) is 5. The van der Waals surface area contributed by atoms with Gasteiger partial charge in [0.05, 0.1) is 43.2 Å². The summed E-state index contributed by atoms with van der Waals surface area (Å²) < 4.78 is 29.2. The van der Waals surface area contributed by atoms with Crippen LogP contribution in [-0.4, -0.2) is 41.6 Å². The topological polar surface area (TPSA) is 118 Å². The van der Waals surface area contributed by atoms with E-state index < -0.39 is 11.6 Å². The summed E-state index contributed by atoms with van der Waals surface area (Å²) in [6, 6.07) is 11.0. The molecule has 0 amide bonds. The summed E-state index contributed by atoms with van der Waals surface area (Å²) in [5, 5.41) is 12.0. The molecule has 3 aliphatic rings. The van der Waals surface area contributed by atoms with Gasteiger partial charge in [0.2, 0.25) is 6.79 Å². The van der Waals surface area contributed by atoms with Crippen LogP contribution in [0.4, 0.5) is 0 Å². The third-order valence-electron chi connectivity index (χ3n) is 7.82. The third kappa shape index (κ3) is 3.21. The fourth-order valence-electron chi connectivity index (χ4n) is 5.75. The van der Waals surface area contributed by atoms with Crippen LogP contribution in [0.25, 0.3) is 33.4 Å². The fraction of sp³-hybridized carbons (Fsp3) is 0.276. The maximum Gasteiger partial charge on any atom is 0.343 e. The number of carbonyl (C=O) groups is 1. The van der Waals surface area contributed by atoms with Crippen LogP contribution in [0.1, 0.15) is 30.0 Å². The largest absolute Gasteiger partial charge is 0.497 e. The zero-order chi connectivity index (χ0) is 27.1. The van der Waals surface area contributed by atoms with Gasteiger partial charge in [-0.25, -0.2) is 9.78 Å². The zero-order valence-electron chi connectivity index (χ0n) is 21.5. The van der Waals surface area contributed by atoms with Crippen molar-refractivity contribution in [3.63, 3.8) is 0 Å². The number of aromatic nitrogens is 2. The van der Waals surface area contributed by atoms with Gasteiger partial charge in [-0.1, -0.05) is 6.92 Å². The highest BCUT2D eigenvalue weighted by Gasteiger charge is 2.45. The molecule has 3 aliphatic heterocycles. The van der Waals surface area contributed by atoms with Crippen molar-refractivity contribution >= 4 is 16.9 Å². The number of nitrogens with zero attached hydrogens (tertiary/aromatic N) is 2. The molecule has 39 heavy (non-hydrogen) atoms. The molecule has 7 rings (SSSR count). The first-order valence-corrected chi connectivity index (χ1v) is 12.5. The molecule has 10 nitrogen and oxygen atoms in total. The van der Waals surface area contributed by atoms with E-state index in [9.17, 15) is 14.7 Å². The molecule has 0 unspecified atom stereocenters. The number of cyclic esters (lactones) is 1. The van der Waals surface area contributed by atoms with Crippen LogP contribution in [0, 0.1) is 0 Å². The fourth-order valence-corrected chi connectivity index (χ4v) is 5.75. The first kappa shape index (κ1) is 23.5. The molecule has 0 fully saturated rings. The predicted octanol–water partition coefficient (Wildman–Crippen LogP) is 3.49. The Morgan fingerprint density at radius 2 is 1.69 bits per heavy atom. The lowest BCUT2D eigenvalue weighted by Gasteiger charge is -2.31. The van der Waals surface area contributed by atoms with Crippen LogP contribution >= 0.6 is 0 Å². The maximum absolute atomic E-state index is 13.7. The number of pyridine rings is 2. The first-order valence-electron chi connectivity index (χ1n) is 12.5. The molecule has 0 bridgehead atoms. The van der Waals surface area contributed by atoms with E-state index in [-0.39, 0.29) is 43.1 Å². The summed E-state index contributed by atoms with van der Waals surface area (Å²) >= 11 is 0. The Morgan fingerprint density at radius 3 is 2.38 bits per heavy atom. The molecule has 4 aromatic rings. The normalized spacial score (nSPS) is 18.4. The number of esters is 1. The lowest BCUT2D eigenvalue weighted by atomic mass is 9.86. The van der Waals surface area contributed by atoms with Crippen molar-refractivity contribution in [1.82, 2.24) is 9.55 Å². The van der Waals surface area contributed by atoms with Crippen molar-refractivity contribution in [2.45, 2.75) is 32.1 Å². The Balaban J connectivity index is 1.56. The van der Waals surface area contributed by atoms with E-state index in [1.807, 2.05) is 24.3 Å². The lowest BCUT2D eigenvalue weighted by molar-refractivity contribution is -0.172. The Hall–Kier alpha value is -4.57. The van der Waals surface area contributed by atoms with Gasteiger partial charge in [-0.15, -0.1) is 0 Å². The van der Waals surface area contributed by atoms with Crippen molar-refractivity contribution < 1.29 is 33.6 Å². The lowest BCUT2D eigenvalue weighted by Crippen LogP contribution is -2.44. The maximum atomic E-state index is 13.7. The van der Waals surface area contributed by atoms with E-state index in [1.165, 1.54) is 0 Å². The second-order valence-electron chi connectivity index (χ2n) is 9.74. The number of rotatable bonds is 4. The minimum Gasteiger partial charge on any atom is -0.497 e. The standard InChI is InChI=1S/C29H24N2O8/c1-4-29(34)20-9-22-26-18(11-31(22)27(32)19(20)12-37-28(29)33)25(14-5-15(35-2)7-16(6-14)36-3)17-8-23-24(39-13-38-23)10-21(17)30-26/h5-10,34H,4,11-13H2,1-3H3/t29-/m0/s1. The molecule has 0 radical (unpaired) electrons. The zero-order valence-corrected chi connectivity index (χ0v) is 21.5. The summed E-state index contributed by atoms with van der Waals surface area (Å²) in [6.45, 7) is 1.84. The molecule has 1 atom stereocenters. The summed E-state index contributed by atoms with van der Waals surface area (Å²) in [5.74, 6) is 1.63. The minimum atomic E-state index is -1.91. The van der Waals surface area contributed by atoms with Crippen molar-refractivity contribution in [3.05, 3.63) is 63.4 Å². The van der Waals surface area contributed by atoms with Gasteiger partial charge in [0.1, 0.15) is 18.1 Å². The van der Waals surface area contributed by atoms with E-state index in [4.69, 9.17) is 28.7 Å². The highest BCUT2D eigenvalue weighted by molar-refractivity contribution is 6.01. The molecule has 10 heteroatoms. The average molecular weight is 529 g/mol. The van der Waals surface area contributed by atoms with E-state index in [1.54, 1.807) is 37.8 Å². The molecular weight excluding hydrogens is 504 g/mol. The molecule has 2 aromatic carbocycles. The van der Waals surface area contributed by atoms with Crippen LogP contribution < -0.4 is 24.5 Å². The van der Waals surface area contributed by atoms with Gasteiger partial charge in [-0.3, -0.25) is 4.79 Å². The van der Waals surface area contributed by atoms with Crippen LogP contribution in [0.15, 0.2) is 41.2 Å². The monoisotopic (exact) mass is 528 g/mol. The molecule has 0 aliphatic carbocycles. The SMILES string of the molecule is CC[C@@]1(O)C(=O)OCc2c1cc1n(c2=O)Cc2c-1nc1cc3c(cc1c2-c1cc(OC)cc(OC)c1)OCO3. The summed E-state index contributed by atoms with van der Waals surface area (Å²) in [5.41, 5.74) is 2.49. The summed E-state index contributed by atoms with van der Waals surface area (Å²) in [7, 11) is 3.17. The number of hydrogen-bond acceptors (Lipinski definition) is 9. The van der Waals surface area contributed by atoms with Crippen LogP contribution in [-0.2, 0) is 28.3 Å². The van der Waals surface area contributed by atoms with Gasteiger partial charge in [0, 0.05) is 28.6 Å². The molecular formula is C29H24N2O8. The minimum absolute atomic E-state index is 0.0675. The quantitative estimate of drug-likeness (QED) is 0.350. The van der Waals surface area contributed by atoms with Crippen molar-refractivity contribution in [2.24, 2.45) is 0 Å². The Bertz CT molecular complexity index is 1770. The van der Waals surface area contributed by atoms with Gasteiger partial charge in [-0.05, 0) is 41.8 Å². The highest BCUT2D eigenvalue weighted by atomic mass is 16.7. The van der Waals surface area contributed by atoms with Crippen LogP contribution in [0.5, 0.6) is 23.0 Å². The highest BCUT2D eigenvalue weighted by Crippen LogP contribution is 2.47. The Labute approximate surface area is 222 Å². The number of benzene rings is 2. The van der Waals surface area contributed by atoms with E-state index in [0.29, 0.717) is 39.9 Å². The number of carbonyl (C=O) groups excluding carboxylic acids is 1. The predicted molar refractivity (Wildman–Crippen MR) is 139 cm³/mol. The second kappa shape index (κ2) is 8.21. The van der Waals surface area contributed by atoms with Crippen LogP contribution in [0.2, 0.25) is 0 Å². The van der Waals surface area contributed by atoms with Gasteiger partial charge >= 0.3 is 5.97 Å². The summed E-state index contributed by atoms with van der Waals surface area (Å²) in [4.78, 5) is 31.3. The van der Waals surface area contributed by atoms with Gasteiger partial charge in [0.25, 0.3) is 5.56 Å². The first-order chi connectivity index (χ1) is 18.9. The number of methoxy groups -OCH3 is 2. The van der Waals surface area contributed by atoms with Gasteiger partial charge < -0.3 is 33.4 Å². The number of fused-ring (bicyclic) bond motifs is 6.